The number of ether oxygens (including phenoxy) is 1. The van der Waals surface area contributed by atoms with E-state index in [1.165, 1.54) is 0 Å². The predicted molar refractivity (Wildman–Crippen MR) is 86.7 cm³/mol. The average molecular weight is 402 g/mol. The first kappa shape index (κ1) is 22.2. The molecule has 0 saturated heterocycles. The first-order chi connectivity index (χ1) is 11.8. The lowest BCUT2D eigenvalue weighted by Crippen LogP contribution is -2.63. The molecular weight excluding hydrogens is 378 g/mol. The van der Waals surface area contributed by atoms with Crippen LogP contribution < -0.4 is 22.9 Å². The number of alkyl halides is 6. The fraction of sp³-hybridized carbons (Fsp3) is 0.750. The largest absolute Gasteiger partial charge is 0.397 e. The van der Waals surface area contributed by atoms with Crippen molar-refractivity contribution in [2.45, 2.75) is 62.6 Å². The third-order valence-corrected chi connectivity index (χ3v) is 5.35. The summed E-state index contributed by atoms with van der Waals surface area (Å²) in [4.78, 5) is 0. The lowest BCUT2D eigenvalue weighted by atomic mass is 9.70. The summed E-state index contributed by atoms with van der Waals surface area (Å²) in [5.74, 6) is 0. The molecule has 2 aliphatic carbocycles. The zero-order valence-electron chi connectivity index (χ0n) is 14.9. The normalized spacial score (nSPS) is 38.8. The Labute approximate surface area is 152 Å². The van der Waals surface area contributed by atoms with Gasteiger partial charge >= 0.3 is 12.4 Å². The standard InChI is InChI=1S/C16H24F6N4O/c1-11(15(17,18)19)7-13(23,24)5-3-9(11)27-10-4-6-14(25,26)8-12(10,2)16(20,21)22/h3-6,9-10H,7-8,23-26H2,1-2H3. The molecule has 0 aliphatic heterocycles. The molecule has 0 amide bonds. The van der Waals surface area contributed by atoms with Crippen molar-refractivity contribution >= 4 is 0 Å². The van der Waals surface area contributed by atoms with Crippen molar-refractivity contribution in [2.75, 3.05) is 0 Å². The second-order valence-electron chi connectivity index (χ2n) is 8.10. The van der Waals surface area contributed by atoms with Crippen LogP contribution in [0.15, 0.2) is 24.3 Å². The molecule has 0 spiro atoms. The molecule has 0 saturated carbocycles. The van der Waals surface area contributed by atoms with Crippen LogP contribution in [0.1, 0.15) is 26.7 Å². The second kappa shape index (κ2) is 6.18. The van der Waals surface area contributed by atoms with E-state index >= 15 is 0 Å². The lowest BCUT2D eigenvalue weighted by Gasteiger charge is -2.49. The minimum Gasteiger partial charge on any atom is -0.365 e. The zero-order valence-corrected chi connectivity index (χ0v) is 14.9. The molecule has 0 aromatic heterocycles. The highest BCUT2D eigenvalue weighted by atomic mass is 19.4. The van der Waals surface area contributed by atoms with Gasteiger partial charge in [-0.2, -0.15) is 26.3 Å². The smallest absolute Gasteiger partial charge is 0.365 e. The van der Waals surface area contributed by atoms with Crippen LogP contribution >= 0.6 is 0 Å². The Kier molecular flexibility index (Phi) is 5.07. The van der Waals surface area contributed by atoms with Crippen LogP contribution in [-0.4, -0.2) is 35.9 Å². The Hall–Kier alpha value is -1.14. The van der Waals surface area contributed by atoms with Crippen molar-refractivity contribution in [3.05, 3.63) is 24.3 Å². The van der Waals surface area contributed by atoms with Gasteiger partial charge in [0.2, 0.25) is 0 Å². The van der Waals surface area contributed by atoms with Gasteiger partial charge in [-0.3, -0.25) is 0 Å². The maximum Gasteiger partial charge on any atom is 0.397 e. The number of hydrogen-bond acceptors (Lipinski definition) is 5. The Bertz CT molecular complexity index is 588. The van der Waals surface area contributed by atoms with Crippen molar-refractivity contribution in [3.63, 3.8) is 0 Å². The van der Waals surface area contributed by atoms with E-state index < -0.39 is 59.6 Å². The molecule has 0 aromatic rings. The number of nitrogens with two attached hydrogens (primary N) is 4. The molecule has 0 radical (unpaired) electrons. The lowest BCUT2D eigenvalue weighted by molar-refractivity contribution is -0.289. The SMILES string of the molecule is CC1(C(F)(F)F)CC(N)(N)C=CC1OC1C=CC(N)(N)CC1(C)C(F)(F)F. The van der Waals surface area contributed by atoms with Crippen LogP contribution in [0.25, 0.3) is 0 Å². The minimum absolute atomic E-state index is 0.748. The highest BCUT2D eigenvalue weighted by molar-refractivity contribution is 5.21. The summed E-state index contributed by atoms with van der Waals surface area (Å²) in [5, 5.41) is 0. The van der Waals surface area contributed by atoms with Crippen molar-refractivity contribution < 1.29 is 31.1 Å². The van der Waals surface area contributed by atoms with Gasteiger partial charge in [0.25, 0.3) is 0 Å². The van der Waals surface area contributed by atoms with E-state index in [2.05, 4.69) is 0 Å². The van der Waals surface area contributed by atoms with Crippen LogP contribution in [0.4, 0.5) is 26.3 Å². The molecule has 5 nitrogen and oxygen atoms in total. The van der Waals surface area contributed by atoms with Crippen molar-refractivity contribution in [1.29, 1.82) is 0 Å². The summed E-state index contributed by atoms with van der Waals surface area (Å²) < 4.78 is 87.7. The van der Waals surface area contributed by atoms with Gasteiger partial charge in [-0.05, 0) is 26.7 Å². The molecular formula is C16H24F6N4O. The van der Waals surface area contributed by atoms with Gasteiger partial charge in [0, 0.05) is 0 Å². The number of halogens is 6. The molecule has 156 valence electrons. The molecule has 27 heavy (non-hydrogen) atoms. The third kappa shape index (κ3) is 4.02. The molecule has 0 bridgehead atoms. The third-order valence-electron chi connectivity index (χ3n) is 5.35. The molecule has 0 fully saturated rings. The summed E-state index contributed by atoms with van der Waals surface area (Å²) in [6.07, 6.45) is -10.4. The Morgan fingerprint density at radius 1 is 0.741 bits per heavy atom. The molecule has 0 aromatic carbocycles. The summed E-state index contributed by atoms with van der Waals surface area (Å²) >= 11 is 0. The fourth-order valence-electron chi connectivity index (χ4n) is 3.62. The average Bonchev–Trinajstić information content (AvgIpc) is 2.40. The van der Waals surface area contributed by atoms with E-state index in [0.29, 0.717) is 0 Å². The van der Waals surface area contributed by atoms with Gasteiger partial charge in [0.15, 0.2) is 0 Å². The van der Waals surface area contributed by atoms with Crippen LogP contribution in [0.5, 0.6) is 0 Å². The number of rotatable bonds is 2. The summed E-state index contributed by atoms with van der Waals surface area (Å²) in [6, 6.07) is 0. The van der Waals surface area contributed by atoms with E-state index in [1.807, 2.05) is 0 Å². The highest BCUT2D eigenvalue weighted by Gasteiger charge is 2.63. The van der Waals surface area contributed by atoms with Gasteiger partial charge in [-0.25, -0.2) is 0 Å². The molecule has 2 rings (SSSR count). The van der Waals surface area contributed by atoms with Crippen LogP contribution in [0.3, 0.4) is 0 Å². The highest BCUT2D eigenvalue weighted by Crippen LogP contribution is 2.53. The van der Waals surface area contributed by atoms with E-state index in [0.717, 1.165) is 38.2 Å². The van der Waals surface area contributed by atoms with E-state index in [-0.39, 0.29) is 0 Å². The minimum atomic E-state index is -4.81. The molecule has 4 unspecified atom stereocenters. The quantitative estimate of drug-likeness (QED) is 0.321. The van der Waals surface area contributed by atoms with Gasteiger partial charge in [0.05, 0.1) is 34.4 Å². The zero-order chi connectivity index (χ0) is 21.1. The van der Waals surface area contributed by atoms with E-state index in [9.17, 15) is 26.3 Å². The van der Waals surface area contributed by atoms with Crippen LogP contribution in [0.2, 0.25) is 0 Å². The van der Waals surface area contributed by atoms with Crippen LogP contribution in [0, 0.1) is 10.8 Å². The van der Waals surface area contributed by atoms with Crippen molar-refractivity contribution in [1.82, 2.24) is 0 Å². The molecule has 0 heterocycles. The van der Waals surface area contributed by atoms with Gasteiger partial charge < -0.3 is 27.7 Å². The van der Waals surface area contributed by atoms with Gasteiger partial charge in [-0.1, -0.05) is 24.3 Å². The summed E-state index contributed by atoms with van der Waals surface area (Å²) in [6.45, 7) is 1.65. The summed E-state index contributed by atoms with van der Waals surface area (Å²) in [7, 11) is 0. The van der Waals surface area contributed by atoms with E-state index in [1.54, 1.807) is 0 Å². The molecule has 11 heteroatoms. The van der Waals surface area contributed by atoms with Crippen LogP contribution in [-0.2, 0) is 4.74 Å². The first-order valence-corrected chi connectivity index (χ1v) is 8.16. The maximum absolute atomic E-state index is 13.7. The molecule has 8 N–H and O–H groups in total. The molecule has 4 atom stereocenters. The monoisotopic (exact) mass is 402 g/mol. The fourth-order valence-corrected chi connectivity index (χ4v) is 3.62. The molecule has 2 aliphatic rings. The number of hydrogen-bond donors (Lipinski definition) is 4. The summed E-state index contributed by atoms with van der Waals surface area (Å²) in [5.41, 5.74) is 13.8. The van der Waals surface area contributed by atoms with Gasteiger partial charge in [-0.15, -0.1) is 0 Å². The first-order valence-electron chi connectivity index (χ1n) is 8.16. The van der Waals surface area contributed by atoms with Crippen molar-refractivity contribution in [2.24, 2.45) is 33.8 Å². The van der Waals surface area contributed by atoms with Crippen molar-refractivity contribution in [3.8, 4) is 0 Å². The predicted octanol–water partition coefficient (Wildman–Crippen LogP) is 2.02. The Morgan fingerprint density at radius 3 is 1.30 bits per heavy atom. The topological polar surface area (TPSA) is 113 Å². The van der Waals surface area contributed by atoms with Gasteiger partial charge in [0.1, 0.15) is 0 Å². The maximum atomic E-state index is 13.7. The Balaban J connectivity index is 2.46. The van der Waals surface area contributed by atoms with E-state index in [4.69, 9.17) is 27.7 Å². The Morgan fingerprint density at radius 2 is 1.04 bits per heavy atom. The second-order valence-corrected chi connectivity index (χ2v) is 8.10.